The lowest BCUT2D eigenvalue weighted by molar-refractivity contribution is 0.102. The van der Waals surface area contributed by atoms with Crippen molar-refractivity contribution in [2.24, 2.45) is 0 Å². The Morgan fingerprint density at radius 1 is 1.21 bits per heavy atom. The summed E-state index contributed by atoms with van der Waals surface area (Å²) in [5, 5.41) is 3.25. The number of amides is 1. The van der Waals surface area contributed by atoms with Crippen LogP contribution in [-0.2, 0) is 0 Å². The minimum Gasteiger partial charge on any atom is -0.495 e. The first kappa shape index (κ1) is 18.6. The zero-order chi connectivity index (χ0) is 17.5. The van der Waals surface area contributed by atoms with Gasteiger partial charge in [0.25, 0.3) is 5.91 Å². The average Bonchev–Trinajstić information content (AvgIpc) is 2.56. The number of ether oxygens (including phenoxy) is 2. The van der Waals surface area contributed by atoms with E-state index in [4.69, 9.17) is 21.1 Å². The number of rotatable bonds is 7. The van der Waals surface area contributed by atoms with E-state index in [0.29, 0.717) is 28.6 Å². The minimum absolute atomic E-state index is 0.225. The number of carbonyl (C=O) groups excluding carboxylic acids is 1. The number of carbonyl (C=O) groups is 1. The van der Waals surface area contributed by atoms with Crippen molar-refractivity contribution >= 4 is 39.1 Å². The molecule has 4 nitrogen and oxygen atoms in total. The summed E-state index contributed by atoms with van der Waals surface area (Å²) >= 11 is 9.51. The van der Waals surface area contributed by atoms with Crippen molar-refractivity contribution in [3.05, 3.63) is 51.5 Å². The lowest BCUT2D eigenvalue weighted by Gasteiger charge is -2.11. The summed E-state index contributed by atoms with van der Waals surface area (Å²) in [6, 6.07) is 10.3. The van der Waals surface area contributed by atoms with Crippen molar-refractivity contribution < 1.29 is 14.3 Å². The van der Waals surface area contributed by atoms with Crippen molar-refractivity contribution in [2.45, 2.75) is 19.8 Å². The van der Waals surface area contributed by atoms with E-state index >= 15 is 0 Å². The van der Waals surface area contributed by atoms with Crippen LogP contribution in [0.4, 0.5) is 5.69 Å². The van der Waals surface area contributed by atoms with Crippen LogP contribution < -0.4 is 14.8 Å². The zero-order valence-electron chi connectivity index (χ0n) is 13.6. The van der Waals surface area contributed by atoms with Gasteiger partial charge in [-0.25, -0.2) is 0 Å². The van der Waals surface area contributed by atoms with Crippen molar-refractivity contribution in [1.82, 2.24) is 0 Å². The van der Waals surface area contributed by atoms with Gasteiger partial charge < -0.3 is 14.8 Å². The van der Waals surface area contributed by atoms with E-state index in [1.165, 1.54) is 0 Å². The van der Waals surface area contributed by atoms with E-state index < -0.39 is 0 Å². The summed E-state index contributed by atoms with van der Waals surface area (Å²) in [5.74, 6) is 1.07. The lowest BCUT2D eigenvalue weighted by atomic mass is 10.2. The van der Waals surface area contributed by atoms with Gasteiger partial charge in [0.2, 0.25) is 0 Å². The Morgan fingerprint density at radius 2 is 1.96 bits per heavy atom. The summed E-state index contributed by atoms with van der Waals surface area (Å²) in [7, 11) is 1.54. The maximum Gasteiger partial charge on any atom is 0.255 e. The number of hydrogen-bond acceptors (Lipinski definition) is 3. The molecule has 0 radical (unpaired) electrons. The van der Waals surface area contributed by atoms with Crippen LogP contribution in [0.5, 0.6) is 11.5 Å². The first-order chi connectivity index (χ1) is 11.5. The molecular weight excluding hydrogens is 394 g/mol. The summed E-state index contributed by atoms with van der Waals surface area (Å²) in [6.45, 7) is 2.77. The van der Waals surface area contributed by atoms with E-state index in [-0.39, 0.29) is 5.91 Å². The van der Waals surface area contributed by atoms with E-state index in [2.05, 4.69) is 28.2 Å². The van der Waals surface area contributed by atoms with Gasteiger partial charge in [0.05, 0.1) is 23.2 Å². The molecule has 0 saturated carbocycles. The van der Waals surface area contributed by atoms with Gasteiger partial charge in [-0.3, -0.25) is 4.79 Å². The second-order valence-corrected chi connectivity index (χ2v) is 6.41. The molecule has 1 N–H and O–H groups in total. The highest BCUT2D eigenvalue weighted by Crippen LogP contribution is 2.29. The first-order valence-electron chi connectivity index (χ1n) is 7.62. The largest absolute Gasteiger partial charge is 0.495 e. The SMILES string of the molecule is CCCCOc1ccc(C(=O)Nc2ccc(OC)c(Cl)c2)cc1Br. The standard InChI is InChI=1S/C18H19BrClNO3/c1-3-4-9-24-16-7-5-12(10-14(16)19)18(22)21-13-6-8-17(23-2)15(20)11-13/h5-8,10-11H,3-4,9H2,1-2H3,(H,21,22). The molecule has 0 unspecified atom stereocenters. The molecule has 0 aliphatic rings. The average molecular weight is 413 g/mol. The summed E-state index contributed by atoms with van der Waals surface area (Å²) in [5.41, 5.74) is 1.13. The molecule has 1 amide bonds. The molecule has 24 heavy (non-hydrogen) atoms. The third-order valence-electron chi connectivity index (χ3n) is 3.36. The molecule has 0 aliphatic heterocycles. The third kappa shape index (κ3) is 4.89. The predicted molar refractivity (Wildman–Crippen MR) is 101 cm³/mol. The van der Waals surface area contributed by atoms with Crippen LogP contribution in [0.2, 0.25) is 5.02 Å². The maximum atomic E-state index is 12.4. The number of nitrogens with one attached hydrogen (secondary N) is 1. The van der Waals surface area contributed by atoms with E-state index in [1.54, 1.807) is 43.5 Å². The van der Waals surface area contributed by atoms with Crippen LogP contribution in [0.3, 0.4) is 0 Å². The Hall–Kier alpha value is -1.72. The molecular formula is C18H19BrClNO3. The zero-order valence-corrected chi connectivity index (χ0v) is 15.9. The second kappa shape index (κ2) is 8.94. The number of anilines is 1. The Kier molecular flexibility index (Phi) is 6.94. The Labute approximate surface area is 155 Å². The van der Waals surface area contributed by atoms with Crippen molar-refractivity contribution in [1.29, 1.82) is 0 Å². The normalized spacial score (nSPS) is 10.3. The van der Waals surface area contributed by atoms with Gasteiger partial charge in [-0.15, -0.1) is 0 Å². The Balaban J connectivity index is 2.07. The van der Waals surface area contributed by atoms with E-state index in [1.807, 2.05) is 0 Å². The molecule has 0 atom stereocenters. The molecule has 2 rings (SSSR count). The van der Waals surface area contributed by atoms with Gasteiger partial charge in [-0.2, -0.15) is 0 Å². The van der Waals surface area contributed by atoms with E-state index in [0.717, 1.165) is 23.1 Å². The number of methoxy groups -OCH3 is 1. The van der Waals surface area contributed by atoms with E-state index in [9.17, 15) is 4.79 Å². The topological polar surface area (TPSA) is 47.6 Å². The molecule has 0 aromatic heterocycles. The van der Waals surface area contributed by atoms with Crippen LogP contribution in [0, 0.1) is 0 Å². The van der Waals surface area contributed by atoms with Crippen LogP contribution in [0.15, 0.2) is 40.9 Å². The summed E-state index contributed by atoms with van der Waals surface area (Å²) in [6.07, 6.45) is 2.06. The molecule has 0 fully saturated rings. The van der Waals surface area contributed by atoms with Crippen LogP contribution in [0.1, 0.15) is 30.1 Å². The number of halogens is 2. The molecule has 0 aliphatic carbocycles. The van der Waals surface area contributed by atoms with Crippen molar-refractivity contribution in [3.8, 4) is 11.5 Å². The molecule has 2 aromatic rings. The molecule has 2 aromatic carbocycles. The summed E-state index contributed by atoms with van der Waals surface area (Å²) in [4.78, 5) is 12.4. The highest BCUT2D eigenvalue weighted by atomic mass is 79.9. The molecule has 0 saturated heterocycles. The maximum absolute atomic E-state index is 12.4. The molecule has 0 heterocycles. The van der Waals surface area contributed by atoms with Gasteiger partial charge in [-0.1, -0.05) is 24.9 Å². The van der Waals surface area contributed by atoms with Gasteiger partial charge >= 0.3 is 0 Å². The Bertz CT molecular complexity index is 721. The number of hydrogen-bond donors (Lipinski definition) is 1. The fourth-order valence-electron chi connectivity index (χ4n) is 2.03. The van der Waals surface area contributed by atoms with Gasteiger partial charge in [0, 0.05) is 11.3 Å². The molecule has 6 heteroatoms. The summed E-state index contributed by atoms with van der Waals surface area (Å²) < 4.78 is 11.5. The van der Waals surface area contributed by atoms with Crippen molar-refractivity contribution in [3.63, 3.8) is 0 Å². The highest BCUT2D eigenvalue weighted by molar-refractivity contribution is 9.10. The van der Waals surface area contributed by atoms with Crippen LogP contribution in [-0.4, -0.2) is 19.6 Å². The Morgan fingerprint density at radius 3 is 2.58 bits per heavy atom. The monoisotopic (exact) mass is 411 g/mol. The fraction of sp³-hybridized carbons (Fsp3) is 0.278. The highest BCUT2D eigenvalue weighted by Gasteiger charge is 2.11. The third-order valence-corrected chi connectivity index (χ3v) is 4.27. The second-order valence-electron chi connectivity index (χ2n) is 5.15. The lowest BCUT2D eigenvalue weighted by Crippen LogP contribution is -2.12. The van der Waals surface area contributed by atoms with Gasteiger partial charge in [-0.05, 0) is 58.7 Å². The van der Waals surface area contributed by atoms with Crippen LogP contribution >= 0.6 is 27.5 Å². The van der Waals surface area contributed by atoms with Crippen LogP contribution in [0.25, 0.3) is 0 Å². The van der Waals surface area contributed by atoms with Gasteiger partial charge in [0.15, 0.2) is 0 Å². The number of benzene rings is 2. The fourth-order valence-corrected chi connectivity index (χ4v) is 2.78. The first-order valence-corrected chi connectivity index (χ1v) is 8.79. The molecule has 0 bridgehead atoms. The molecule has 128 valence electrons. The minimum atomic E-state index is -0.225. The smallest absolute Gasteiger partial charge is 0.255 e. The molecule has 0 spiro atoms. The predicted octanol–water partition coefficient (Wildman–Crippen LogP) is 5.54. The van der Waals surface area contributed by atoms with Crippen molar-refractivity contribution in [2.75, 3.05) is 19.0 Å². The van der Waals surface area contributed by atoms with Gasteiger partial charge in [0.1, 0.15) is 11.5 Å². The number of unbranched alkanes of at least 4 members (excludes halogenated alkanes) is 1. The quantitative estimate of drug-likeness (QED) is 0.607.